The van der Waals surface area contributed by atoms with Crippen LogP contribution in [0, 0.1) is 11.8 Å². The lowest BCUT2D eigenvalue weighted by Gasteiger charge is -2.08. The van der Waals surface area contributed by atoms with Crippen LogP contribution in [0.4, 0.5) is 0 Å². The molecular formula is C7H14OS. The molecule has 54 valence electrons. The fourth-order valence-corrected chi connectivity index (χ4v) is 1.24. The number of hydrogen-bond donors (Lipinski definition) is 0. The molecule has 0 atom stereocenters. The van der Waals surface area contributed by atoms with Crippen molar-refractivity contribution in [3.05, 3.63) is 0 Å². The maximum atomic E-state index is 10.4. The molecular weight excluding hydrogens is 132 g/mol. The molecule has 0 fully saturated rings. The maximum absolute atomic E-state index is 10.4. The average Bonchev–Trinajstić information content (AvgIpc) is 1.64. The monoisotopic (exact) mass is 146 g/mol. The second-order valence-corrected chi connectivity index (χ2v) is 3.43. The Labute approximate surface area is 60.5 Å². The number of hydrogen-bond acceptors (Lipinski definition) is 1. The van der Waals surface area contributed by atoms with Crippen molar-refractivity contribution in [1.29, 1.82) is 0 Å². The van der Waals surface area contributed by atoms with E-state index in [1.807, 2.05) is 0 Å². The van der Waals surface area contributed by atoms with Crippen molar-refractivity contribution in [2.75, 3.05) is 0 Å². The van der Waals surface area contributed by atoms with Crippen LogP contribution in [0.5, 0.6) is 0 Å². The summed E-state index contributed by atoms with van der Waals surface area (Å²) in [6.07, 6.45) is 0. The van der Waals surface area contributed by atoms with Crippen LogP contribution in [0.3, 0.4) is 0 Å². The highest BCUT2D eigenvalue weighted by atomic mass is 32.1. The van der Waals surface area contributed by atoms with E-state index in [4.69, 9.17) is 0 Å². The summed E-state index contributed by atoms with van der Waals surface area (Å²) in [6.45, 7) is 8.22. The minimum Gasteiger partial charge on any atom is -0.212 e. The van der Waals surface area contributed by atoms with Crippen LogP contribution in [0.25, 0.3) is 0 Å². The van der Waals surface area contributed by atoms with E-state index in [1.165, 1.54) is 0 Å². The third-order valence-corrected chi connectivity index (χ3v) is 2.37. The fraction of sp³-hybridized carbons (Fsp3) is 0.857. The van der Waals surface area contributed by atoms with E-state index < -0.39 is 0 Å². The minimum atomic E-state index is 0.424. The Kier molecular flexibility index (Phi) is 3.78. The molecule has 0 aliphatic rings. The third kappa shape index (κ3) is 2.80. The first kappa shape index (κ1) is 8.89. The first-order chi connectivity index (χ1) is 4.09. The predicted octanol–water partition coefficient (Wildman–Crippen LogP) is 1.68. The molecule has 0 saturated heterocycles. The Morgan fingerprint density at radius 1 is 1.11 bits per heavy atom. The summed E-state index contributed by atoms with van der Waals surface area (Å²) < 4.78 is 10.4. The standard InChI is InChI=1S/C7H14OS/c1-5(2)7(9-8)6(3)4/h5-6H,1-4H3. The summed E-state index contributed by atoms with van der Waals surface area (Å²) in [7, 11) is 0. The van der Waals surface area contributed by atoms with E-state index in [9.17, 15) is 4.21 Å². The van der Waals surface area contributed by atoms with Gasteiger partial charge in [0.15, 0.2) is 0 Å². The van der Waals surface area contributed by atoms with Crippen molar-refractivity contribution in [3.8, 4) is 0 Å². The predicted molar refractivity (Wildman–Crippen MR) is 42.8 cm³/mol. The number of rotatable bonds is 2. The van der Waals surface area contributed by atoms with Crippen molar-refractivity contribution in [2.45, 2.75) is 27.7 Å². The molecule has 1 nitrogen and oxygen atoms in total. The van der Waals surface area contributed by atoms with Crippen molar-refractivity contribution < 1.29 is 4.21 Å². The SMILES string of the molecule is CC(C)C(=S=O)C(C)C. The van der Waals surface area contributed by atoms with Crippen LogP contribution in [0.15, 0.2) is 0 Å². The Morgan fingerprint density at radius 3 is 1.44 bits per heavy atom. The molecule has 0 aromatic carbocycles. The highest BCUT2D eigenvalue weighted by molar-refractivity contribution is 7.66. The van der Waals surface area contributed by atoms with Gasteiger partial charge in [-0.3, -0.25) is 0 Å². The van der Waals surface area contributed by atoms with Crippen LogP contribution in [0.2, 0.25) is 0 Å². The quantitative estimate of drug-likeness (QED) is 0.542. The lowest BCUT2D eigenvalue weighted by molar-refractivity contribution is 0.697. The lowest BCUT2D eigenvalue weighted by Crippen LogP contribution is -2.13. The van der Waals surface area contributed by atoms with Gasteiger partial charge in [-0.2, -0.15) is 0 Å². The minimum absolute atomic E-state index is 0.424. The van der Waals surface area contributed by atoms with Gasteiger partial charge in [-0.15, -0.1) is 0 Å². The normalized spacial score (nSPS) is 10.4. The zero-order valence-electron chi connectivity index (χ0n) is 6.47. The lowest BCUT2D eigenvalue weighted by atomic mass is 10.0. The van der Waals surface area contributed by atoms with Crippen molar-refractivity contribution in [3.63, 3.8) is 0 Å². The summed E-state index contributed by atoms with van der Waals surface area (Å²) in [5.74, 6) is 0.847. The molecule has 0 unspecified atom stereocenters. The highest BCUT2D eigenvalue weighted by Gasteiger charge is 2.07. The largest absolute Gasteiger partial charge is 0.212 e. The van der Waals surface area contributed by atoms with Gasteiger partial charge in [-0.05, 0) is 11.8 Å². The highest BCUT2D eigenvalue weighted by Crippen LogP contribution is 2.04. The van der Waals surface area contributed by atoms with Crippen LogP contribution in [0.1, 0.15) is 27.7 Å². The van der Waals surface area contributed by atoms with E-state index in [0.29, 0.717) is 23.1 Å². The van der Waals surface area contributed by atoms with Gasteiger partial charge in [0.05, 0.1) is 11.3 Å². The van der Waals surface area contributed by atoms with E-state index in [0.717, 1.165) is 4.86 Å². The molecule has 0 saturated carbocycles. The van der Waals surface area contributed by atoms with Crippen molar-refractivity contribution >= 4 is 16.1 Å². The summed E-state index contributed by atoms with van der Waals surface area (Å²) in [5, 5.41) is 0. The van der Waals surface area contributed by atoms with Gasteiger partial charge in [-0.1, -0.05) is 27.7 Å². The molecule has 0 aromatic rings. The molecule has 0 heterocycles. The summed E-state index contributed by atoms with van der Waals surface area (Å²) in [5.41, 5.74) is 0. The van der Waals surface area contributed by atoms with E-state index in [2.05, 4.69) is 27.7 Å². The van der Waals surface area contributed by atoms with Crippen LogP contribution in [-0.4, -0.2) is 9.07 Å². The second kappa shape index (κ2) is 3.83. The smallest absolute Gasteiger partial charge is 0.0881 e. The Morgan fingerprint density at radius 2 is 1.44 bits per heavy atom. The van der Waals surface area contributed by atoms with E-state index in [-0.39, 0.29) is 0 Å². The van der Waals surface area contributed by atoms with E-state index >= 15 is 0 Å². The van der Waals surface area contributed by atoms with Gasteiger partial charge in [-0.25, -0.2) is 4.21 Å². The van der Waals surface area contributed by atoms with Gasteiger partial charge in [0.25, 0.3) is 0 Å². The third-order valence-electron chi connectivity index (χ3n) is 1.23. The van der Waals surface area contributed by atoms with Crippen LogP contribution < -0.4 is 0 Å². The summed E-state index contributed by atoms with van der Waals surface area (Å²) in [4.78, 5) is 1.05. The Bertz CT molecular complexity index is 122. The van der Waals surface area contributed by atoms with Crippen LogP contribution in [-0.2, 0) is 11.3 Å². The molecule has 0 aliphatic carbocycles. The van der Waals surface area contributed by atoms with Gasteiger partial charge in [0, 0.05) is 4.86 Å². The molecule has 0 amide bonds. The van der Waals surface area contributed by atoms with Gasteiger partial charge >= 0.3 is 0 Å². The molecule has 9 heavy (non-hydrogen) atoms. The zero-order chi connectivity index (χ0) is 7.44. The fourth-order valence-electron chi connectivity index (χ4n) is 0.859. The van der Waals surface area contributed by atoms with Crippen molar-refractivity contribution in [2.24, 2.45) is 11.8 Å². The maximum Gasteiger partial charge on any atom is 0.0881 e. The molecule has 0 spiro atoms. The average molecular weight is 146 g/mol. The molecule has 0 bridgehead atoms. The molecule has 2 heteroatoms. The summed E-state index contributed by atoms with van der Waals surface area (Å²) >= 11 is 0.653. The topological polar surface area (TPSA) is 17.1 Å². The molecule has 0 aromatic heterocycles. The zero-order valence-corrected chi connectivity index (χ0v) is 7.29. The molecule has 0 rings (SSSR count). The molecule has 0 aliphatic heterocycles. The van der Waals surface area contributed by atoms with Gasteiger partial charge < -0.3 is 0 Å². The second-order valence-electron chi connectivity index (χ2n) is 2.80. The summed E-state index contributed by atoms with van der Waals surface area (Å²) in [6, 6.07) is 0. The van der Waals surface area contributed by atoms with Gasteiger partial charge in [0.2, 0.25) is 0 Å². The van der Waals surface area contributed by atoms with Gasteiger partial charge in [0.1, 0.15) is 0 Å². The first-order valence-corrected chi connectivity index (χ1v) is 4.00. The van der Waals surface area contributed by atoms with Crippen molar-refractivity contribution in [1.82, 2.24) is 0 Å². The van der Waals surface area contributed by atoms with E-state index in [1.54, 1.807) is 0 Å². The molecule has 0 N–H and O–H groups in total. The molecule has 0 radical (unpaired) electrons. The Hall–Kier alpha value is -0.110. The Balaban J connectivity index is 4.19. The first-order valence-electron chi connectivity index (χ1n) is 3.26. The van der Waals surface area contributed by atoms with Crippen LogP contribution >= 0.6 is 0 Å².